The maximum Gasteiger partial charge on any atom is 0.393 e. The van der Waals surface area contributed by atoms with Gasteiger partial charge in [0.25, 0.3) is 5.91 Å². The summed E-state index contributed by atoms with van der Waals surface area (Å²) >= 11 is 3.77. The number of alkyl halides is 11. The highest BCUT2D eigenvalue weighted by Gasteiger charge is 2.87. The lowest BCUT2D eigenvalue weighted by molar-refractivity contribution is -0.383. The minimum Gasteiger partial charge on any atom is -0.337 e. The zero-order chi connectivity index (χ0) is 24.7. The number of nitrogens with zero attached hydrogens (tertiary/aromatic N) is 1. The maximum absolute atomic E-state index is 14.2. The summed E-state index contributed by atoms with van der Waals surface area (Å²) in [6.07, 6.45) is 3.58. The molecule has 0 fully saturated rings. The van der Waals surface area contributed by atoms with E-state index in [2.05, 4.69) is 11.6 Å². The third kappa shape index (κ3) is 6.54. The summed E-state index contributed by atoms with van der Waals surface area (Å²) in [4.78, 5) is 12.2. The molecule has 0 aliphatic heterocycles. The van der Waals surface area contributed by atoms with Crippen molar-refractivity contribution in [3.05, 3.63) is 0 Å². The molecule has 0 saturated carbocycles. The molecule has 1 amide bonds. The molecule has 0 heterocycles. The van der Waals surface area contributed by atoms with Crippen LogP contribution >= 0.6 is 11.6 Å². The molecule has 0 aliphatic carbocycles. The van der Waals surface area contributed by atoms with Crippen LogP contribution in [0, 0.1) is 0 Å². The van der Waals surface area contributed by atoms with Gasteiger partial charge in [0.2, 0.25) is 0 Å². The van der Waals surface area contributed by atoms with Crippen molar-refractivity contribution in [2.75, 3.05) is 13.1 Å². The lowest BCUT2D eigenvalue weighted by atomic mass is 9.97. The Morgan fingerprint density at radius 2 is 1.03 bits per heavy atom. The number of carbonyl (C=O) groups excluding carboxylic acids is 1. The van der Waals surface area contributed by atoms with E-state index in [1.165, 1.54) is 0 Å². The number of unbranched alkanes of at least 4 members (excludes halogenated alkanes) is 6. The predicted octanol–water partition coefficient (Wildman–Crippen LogP) is 7.35. The van der Waals surface area contributed by atoms with Crippen LogP contribution in [-0.4, -0.2) is 53.0 Å². The Morgan fingerprint density at radius 3 is 1.35 bits per heavy atom. The van der Waals surface area contributed by atoms with E-state index in [4.69, 9.17) is 0 Å². The van der Waals surface area contributed by atoms with Gasteiger partial charge in [0.05, 0.1) is 0 Å². The summed E-state index contributed by atoms with van der Waals surface area (Å²) in [5.41, 5.74) is 0. The van der Waals surface area contributed by atoms with Crippen molar-refractivity contribution < 1.29 is 48.7 Å². The van der Waals surface area contributed by atoms with Gasteiger partial charge in [-0.05, 0) is 24.4 Å². The molecule has 186 valence electrons. The average Bonchev–Trinajstić information content (AvgIpc) is 2.64. The molecule has 0 aromatic rings. The first kappa shape index (κ1) is 30.1. The minimum absolute atomic E-state index is 0.0707. The van der Waals surface area contributed by atoms with Crippen LogP contribution < -0.4 is 0 Å². The number of amides is 1. The van der Waals surface area contributed by atoms with Gasteiger partial charge in [0.15, 0.2) is 0 Å². The Kier molecular flexibility index (Phi) is 10.9. The fraction of sp³-hybridized carbons (Fsp3) is 0.944. The van der Waals surface area contributed by atoms with Crippen LogP contribution in [0.2, 0.25) is 0 Å². The van der Waals surface area contributed by atoms with Crippen molar-refractivity contribution in [2.45, 2.75) is 94.3 Å². The largest absolute Gasteiger partial charge is 0.393 e. The Bertz CT molecular complexity index is 554. The molecule has 0 atom stereocenters. The molecule has 0 saturated heterocycles. The first-order valence-corrected chi connectivity index (χ1v) is 10.2. The van der Waals surface area contributed by atoms with Crippen LogP contribution in [0.1, 0.15) is 65.2 Å². The van der Waals surface area contributed by atoms with Gasteiger partial charge < -0.3 is 4.90 Å². The van der Waals surface area contributed by atoms with Crippen molar-refractivity contribution in [2.24, 2.45) is 0 Å². The van der Waals surface area contributed by atoms with Gasteiger partial charge in [-0.3, -0.25) is 4.79 Å². The van der Waals surface area contributed by atoms with E-state index < -0.39 is 48.1 Å². The molecule has 0 aromatic heterocycles. The van der Waals surface area contributed by atoms with Gasteiger partial charge in [-0.1, -0.05) is 52.4 Å². The third-order valence-electron chi connectivity index (χ3n) is 4.66. The molecular formula is C18H26ClF10NO. The molecule has 0 radical (unpaired) electrons. The van der Waals surface area contributed by atoms with Crippen LogP contribution in [0.3, 0.4) is 0 Å². The molecule has 31 heavy (non-hydrogen) atoms. The van der Waals surface area contributed by atoms with Crippen LogP contribution in [0.4, 0.5) is 43.9 Å². The van der Waals surface area contributed by atoms with Crippen LogP contribution in [0.25, 0.3) is 0 Å². The van der Waals surface area contributed by atoms with Crippen molar-refractivity contribution in [1.82, 2.24) is 4.90 Å². The first-order valence-electron chi connectivity index (χ1n) is 9.80. The average molecular weight is 498 g/mol. The van der Waals surface area contributed by atoms with Crippen molar-refractivity contribution in [3.8, 4) is 0 Å². The van der Waals surface area contributed by atoms with Gasteiger partial charge in [-0.2, -0.15) is 43.9 Å². The van der Waals surface area contributed by atoms with Crippen LogP contribution in [0.5, 0.6) is 0 Å². The predicted molar refractivity (Wildman–Crippen MR) is 95.5 cm³/mol. The van der Waals surface area contributed by atoms with E-state index in [0.717, 1.165) is 0 Å². The number of rotatable bonds is 15. The molecular weight excluding hydrogens is 472 g/mol. The van der Waals surface area contributed by atoms with E-state index in [-0.39, 0.29) is 17.7 Å². The topological polar surface area (TPSA) is 20.3 Å². The molecule has 13 heteroatoms. The van der Waals surface area contributed by atoms with Gasteiger partial charge in [0.1, 0.15) is 0 Å². The zero-order valence-electron chi connectivity index (χ0n) is 17.1. The zero-order valence-corrected chi connectivity index (χ0v) is 17.8. The highest BCUT2D eigenvalue weighted by Crippen LogP contribution is 2.58. The fourth-order valence-corrected chi connectivity index (χ4v) is 2.80. The number of hydrogen-bond acceptors (Lipinski definition) is 1. The Hall–Kier alpha value is -0.940. The Morgan fingerprint density at radius 1 is 0.645 bits per heavy atom. The summed E-state index contributed by atoms with van der Waals surface area (Å²) in [6.45, 7) is 2.59. The summed E-state index contributed by atoms with van der Waals surface area (Å²) in [6, 6.07) is 0. The third-order valence-corrected chi connectivity index (χ3v) is 4.90. The smallest absolute Gasteiger partial charge is 0.337 e. The monoisotopic (exact) mass is 497 g/mol. The molecule has 0 N–H and O–H groups in total. The second-order valence-electron chi connectivity index (χ2n) is 7.21. The Balaban J connectivity index is 5.85. The summed E-state index contributed by atoms with van der Waals surface area (Å²) in [5, 5.41) is -6.28. The molecule has 0 unspecified atom stereocenters. The summed E-state index contributed by atoms with van der Waals surface area (Å²) in [7, 11) is 0. The maximum atomic E-state index is 14.2. The van der Waals surface area contributed by atoms with Gasteiger partial charge >= 0.3 is 29.1 Å². The first-order chi connectivity index (χ1) is 13.9. The highest BCUT2D eigenvalue weighted by molar-refractivity contribution is 6.22. The van der Waals surface area contributed by atoms with Gasteiger partial charge in [-0.25, -0.2) is 0 Å². The lowest BCUT2D eigenvalue weighted by Crippen LogP contribution is -2.69. The normalized spacial score (nSPS) is 14.1. The van der Waals surface area contributed by atoms with E-state index in [1.54, 1.807) is 13.8 Å². The van der Waals surface area contributed by atoms with E-state index in [9.17, 15) is 48.7 Å². The van der Waals surface area contributed by atoms with E-state index in [0.29, 0.717) is 38.5 Å². The summed E-state index contributed by atoms with van der Waals surface area (Å²) in [5.74, 6) is -30.8. The van der Waals surface area contributed by atoms with Crippen molar-refractivity contribution in [1.29, 1.82) is 0 Å². The quantitative estimate of drug-likeness (QED) is 0.132. The van der Waals surface area contributed by atoms with E-state index in [1.807, 2.05) is 0 Å². The van der Waals surface area contributed by atoms with Crippen LogP contribution in [0.15, 0.2) is 0 Å². The molecule has 0 aliphatic rings. The highest BCUT2D eigenvalue weighted by atomic mass is 35.5. The second-order valence-corrected chi connectivity index (χ2v) is 7.68. The number of carbonyl (C=O) groups is 1. The standard InChI is InChI=1S/C18H26ClF10NO/c1-3-5-7-9-11-30(12-10-8-6-4-2)13(31)14(20,21)15(22,23)16(24,25)17(26,27)18(19,28)29/h3-12H2,1-2H3. The lowest BCUT2D eigenvalue weighted by Gasteiger charge is -2.38. The van der Waals surface area contributed by atoms with Crippen LogP contribution in [-0.2, 0) is 4.79 Å². The van der Waals surface area contributed by atoms with Gasteiger partial charge in [-0.15, -0.1) is 0 Å². The number of halogens is 11. The molecule has 0 bridgehead atoms. The summed E-state index contributed by atoms with van der Waals surface area (Å²) < 4.78 is 135. The van der Waals surface area contributed by atoms with Crippen molar-refractivity contribution in [3.63, 3.8) is 0 Å². The molecule has 0 aromatic carbocycles. The molecule has 2 nitrogen and oxygen atoms in total. The minimum atomic E-state index is -7.33. The SMILES string of the molecule is CCCCCCN(CCCCCC)C(=O)C(F)(F)C(F)(F)C(F)(F)C(F)(F)C(F)(F)Cl. The fourth-order valence-electron chi connectivity index (χ4n) is 2.68. The number of hydrogen-bond donors (Lipinski definition) is 0. The van der Waals surface area contributed by atoms with E-state index >= 15 is 0 Å². The second kappa shape index (κ2) is 11.3. The molecule has 0 rings (SSSR count). The van der Waals surface area contributed by atoms with Crippen molar-refractivity contribution >= 4 is 17.5 Å². The van der Waals surface area contributed by atoms with Gasteiger partial charge in [0, 0.05) is 13.1 Å². The Labute approximate surface area is 179 Å². The molecule has 0 spiro atoms.